The fourth-order valence-corrected chi connectivity index (χ4v) is 6.53. The number of nitrogens with zero attached hydrogens (tertiary/aromatic N) is 2. The zero-order chi connectivity index (χ0) is 33.5. The van der Waals surface area contributed by atoms with Gasteiger partial charge >= 0.3 is 0 Å². The number of aromatic nitrogens is 2. The molecule has 0 saturated heterocycles. The highest BCUT2D eigenvalue weighted by Crippen LogP contribution is 2.37. The van der Waals surface area contributed by atoms with Gasteiger partial charge in [0.05, 0.1) is 58.0 Å². The van der Waals surface area contributed by atoms with E-state index in [0.717, 1.165) is 104 Å². The molecule has 0 bridgehead atoms. The zero-order valence-corrected chi connectivity index (χ0v) is 30.3. The molecule has 0 aliphatic carbocycles. The maximum atomic E-state index is 6.32. The summed E-state index contributed by atoms with van der Waals surface area (Å²) in [5, 5.41) is 11.7. The topological polar surface area (TPSA) is 68.3 Å². The van der Waals surface area contributed by atoms with Crippen LogP contribution in [0.15, 0.2) is 146 Å². The van der Waals surface area contributed by atoms with Crippen LogP contribution in [0, 0.1) is 0 Å². The largest absolute Gasteiger partial charge is 0.491 e. The lowest BCUT2D eigenvalue weighted by atomic mass is 10.1. The molecule has 0 aliphatic rings. The highest BCUT2D eigenvalue weighted by Gasteiger charge is 2.13. The van der Waals surface area contributed by atoms with E-state index < -0.39 is 0 Å². The molecule has 52 heavy (non-hydrogen) atoms. The first-order valence-electron chi connectivity index (χ1n) is 17.3. The number of anilines is 4. The quantitative estimate of drug-likeness (QED) is 0.0910. The van der Waals surface area contributed by atoms with Gasteiger partial charge in [-0.05, 0) is 74.2 Å². The Kier molecular flexibility index (Phi) is 11.9. The van der Waals surface area contributed by atoms with Gasteiger partial charge in [-0.1, -0.05) is 97.1 Å². The van der Waals surface area contributed by atoms with Crippen LogP contribution in [0.3, 0.4) is 0 Å². The Morgan fingerprint density at radius 1 is 0.365 bits per heavy atom. The van der Waals surface area contributed by atoms with Crippen LogP contribution in [0.2, 0.25) is 0 Å². The van der Waals surface area contributed by atoms with Gasteiger partial charge in [-0.3, -0.25) is 0 Å². The molecule has 262 valence electrons. The highest BCUT2D eigenvalue weighted by molar-refractivity contribution is 6.10. The highest BCUT2D eigenvalue weighted by atomic mass is 35.5. The minimum atomic E-state index is 0. The summed E-state index contributed by atoms with van der Waals surface area (Å²) in [5.41, 5.74) is 7.84. The van der Waals surface area contributed by atoms with Crippen molar-refractivity contribution in [2.45, 2.75) is 25.7 Å². The number of hydrogen-bond acceptors (Lipinski definition) is 6. The van der Waals surface area contributed by atoms with E-state index in [9.17, 15) is 0 Å². The number of rotatable bonds is 13. The van der Waals surface area contributed by atoms with Crippen LogP contribution in [-0.4, -0.2) is 23.2 Å². The Labute approximate surface area is 316 Å². The van der Waals surface area contributed by atoms with Crippen molar-refractivity contribution in [2.24, 2.45) is 0 Å². The average molecular weight is 728 g/mol. The van der Waals surface area contributed by atoms with Crippen LogP contribution in [0.5, 0.6) is 11.5 Å². The molecule has 8 heteroatoms. The number of nitrogens with one attached hydrogen (secondary N) is 2. The van der Waals surface area contributed by atoms with E-state index in [1.165, 1.54) is 0 Å². The van der Waals surface area contributed by atoms with Crippen LogP contribution in [-0.2, 0) is 0 Å². The molecular weight excluding hydrogens is 687 g/mol. The van der Waals surface area contributed by atoms with Crippen molar-refractivity contribution in [3.8, 4) is 11.5 Å². The lowest BCUT2D eigenvalue weighted by molar-refractivity contribution is 0.289. The Balaban J connectivity index is 0.00000232. The van der Waals surface area contributed by atoms with E-state index in [4.69, 9.17) is 19.4 Å². The van der Waals surface area contributed by atoms with E-state index in [1.54, 1.807) is 0 Å². The second-order valence-electron chi connectivity index (χ2n) is 12.4. The predicted octanol–water partition coefficient (Wildman–Crippen LogP) is 12.4. The molecule has 8 aromatic rings. The van der Waals surface area contributed by atoms with Crippen LogP contribution >= 0.6 is 24.8 Å². The molecule has 6 nitrogen and oxygen atoms in total. The summed E-state index contributed by atoms with van der Waals surface area (Å²) < 4.78 is 12.6. The maximum Gasteiger partial charge on any atom is 0.142 e. The second kappa shape index (κ2) is 17.1. The van der Waals surface area contributed by atoms with Crippen molar-refractivity contribution < 1.29 is 9.47 Å². The number of ether oxygens (including phenoxy) is 2. The lowest BCUT2D eigenvalue weighted by Gasteiger charge is -2.17. The van der Waals surface area contributed by atoms with Crippen molar-refractivity contribution in [1.29, 1.82) is 0 Å². The molecule has 6 aromatic carbocycles. The molecule has 8 rings (SSSR count). The molecule has 0 aliphatic heterocycles. The SMILES string of the molecule is Cl.Cl.c1ccc(OCCCCCCOc2ccccc2Nc2c3ccccc3nc3ccccc23)c(Nc2c3ccccc3nc3ccccc23)c1. The van der Waals surface area contributed by atoms with Crippen molar-refractivity contribution in [3.05, 3.63) is 146 Å². The number of fused-ring (bicyclic) bond motifs is 4. The first kappa shape index (κ1) is 36.2. The first-order chi connectivity index (χ1) is 24.8. The van der Waals surface area contributed by atoms with Gasteiger partial charge in [-0.15, -0.1) is 24.8 Å². The van der Waals surface area contributed by atoms with E-state index in [1.807, 2.05) is 60.7 Å². The smallest absolute Gasteiger partial charge is 0.142 e. The number of para-hydroxylation sites is 8. The van der Waals surface area contributed by atoms with Crippen LogP contribution in [0.4, 0.5) is 22.7 Å². The van der Waals surface area contributed by atoms with Crippen LogP contribution < -0.4 is 20.1 Å². The molecule has 0 spiro atoms. The summed E-state index contributed by atoms with van der Waals surface area (Å²) in [6.07, 6.45) is 4.06. The molecule has 2 N–H and O–H groups in total. The Hall–Kier alpha value is -5.56. The molecule has 0 radical (unpaired) electrons. The zero-order valence-electron chi connectivity index (χ0n) is 28.6. The van der Waals surface area contributed by atoms with Gasteiger partial charge in [0.2, 0.25) is 0 Å². The van der Waals surface area contributed by atoms with Crippen molar-refractivity contribution in [2.75, 3.05) is 23.8 Å². The number of benzene rings is 6. The molecule has 0 unspecified atom stereocenters. The summed E-state index contributed by atoms with van der Waals surface area (Å²) >= 11 is 0. The van der Waals surface area contributed by atoms with E-state index in [0.29, 0.717) is 13.2 Å². The number of hydrogen-bond donors (Lipinski definition) is 2. The Morgan fingerprint density at radius 2 is 0.673 bits per heavy atom. The van der Waals surface area contributed by atoms with Crippen LogP contribution in [0.1, 0.15) is 25.7 Å². The summed E-state index contributed by atoms with van der Waals surface area (Å²) in [5.74, 6) is 1.69. The molecule has 0 amide bonds. The van der Waals surface area contributed by atoms with E-state index in [2.05, 4.69) is 95.6 Å². The molecule has 0 saturated carbocycles. The minimum absolute atomic E-state index is 0. The summed E-state index contributed by atoms with van der Waals surface area (Å²) in [6, 6.07) is 49.3. The summed E-state index contributed by atoms with van der Waals surface area (Å²) in [4.78, 5) is 9.73. The number of unbranched alkanes of at least 4 members (excludes halogenated alkanes) is 3. The third-order valence-electron chi connectivity index (χ3n) is 9.02. The summed E-state index contributed by atoms with van der Waals surface area (Å²) in [7, 11) is 0. The molecular formula is C44H40Cl2N4O2. The number of pyridine rings is 2. The minimum Gasteiger partial charge on any atom is -0.491 e. The third kappa shape index (κ3) is 7.84. The van der Waals surface area contributed by atoms with Crippen LogP contribution in [0.25, 0.3) is 43.6 Å². The maximum absolute atomic E-state index is 6.32. The van der Waals surface area contributed by atoms with Gasteiger partial charge in [0, 0.05) is 21.5 Å². The van der Waals surface area contributed by atoms with Gasteiger partial charge < -0.3 is 20.1 Å². The summed E-state index contributed by atoms with van der Waals surface area (Å²) in [6.45, 7) is 1.30. The van der Waals surface area contributed by atoms with Crippen molar-refractivity contribution in [1.82, 2.24) is 9.97 Å². The lowest BCUT2D eigenvalue weighted by Crippen LogP contribution is -2.03. The van der Waals surface area contributed by atoms with Gasteiger partial charge in [0.25, 0.3) is 0 Å². The molecule has 2 aromatic heterocycles. The monoisotopic (exact) mass is 726 g/mol. The Bertz CT molecular complexity index is 2160. The Morgan fingerprint density at radius 3 is 1.04 bits per heavy atom. The molecule has 0 atom stereocenters. The van der Waals surface area contributed by atoms with E-state index in [-0.39, 0.29) is 24.8 Å². The number of halogens is 2. The van der Waals surface area contributed by atoms with E-state index >= 15 is 0 Å². The normalized spacial score (nSPS) is 10.8. The third-order valence-corrected chi connectivity index (χ3v) is 9.02. The first-order valence-corrected chi connectivity index (χ1v) is 17.3. The van der Waals surface area contributed by atoms with Gasteiger partial charge in [-0.25, -0.2) is 9.97 Å². The fraction of sp³-hybridized carbons (Fsp3) is 0.136. The van der Waals surface area contributed by atoms with Gasteiger partial charge in [0.15, 0.2) is 0 Å². The van der Waals surface area contributed by atoms with Crippen molar-refractivity contribution in [3.63, 3.8) is 0 Å². The van der Waals surface area contributed by atoms with Crippen molar-refractivity contribution >= 4 is 91.2 Å². The molecule has 0 fully saturated rings. The fourth-order valence-electron chi connectivity index (χ4n) is 6.53. The average Bonchev–Trinajstić information content (AvgIpc) is 3.16. The van der Waals surface area contributed by atoms with Gasteiger partial charge in [-0.2, -0.15) is 0 Å². The standard InChI is InChI=1S/C44H38N4O2.2ClH/c1(15-29-49-41-27-13-11-25-39(41)47-43-31-17-3-7-21-35(31)45-36-22-8-4-18-32(36)43)2-16-30-50-42-28-14-12-26-40(42)48-44-33-19-5-9-23-37(33)46-38-24-10-6-20-34(38)44;;/h3-14,17-28H,1-2,15-16,29-30H2,(H,45,47)(H,46,48);2*1H. The second-order valence-corrected chi connectivity index (χ2v) is 12.4. The predicted molar refractivity (Wildman–Crippen MR) is 222 cm³/mol. The van der Waals surface area contributed by atoms with Gasteiger partial charge in [0.1, 0.15) is 11.5 Å². The molecule has 2 heterocycles.